The number of anilines is 2. The van der Waals surface area contributed by atoms with Crippen molar-refractivity contribution in [2.45, 2.75) is 59.4 Å². The molecule has 1 rings (SSSR count). The third kappa shape index (κ3) is 5.84. The summed E-state index contributed by atoms with van der Waals surface area (Å²) in [4.78, 5) is 8.88. The molecule has 0 saturated carbocycles. The van der Waals surface area contributed by atoms with Crippen LogP contribution in [0.1, 0.15) is 52.7 Å². The van der Waals surface area contributed by atoms with Gasteiger partial charge in [0.05, 0.1) is 0 Å². The lowest BCUT2D eigenvalue weighted by atomic mass is 10.1. The number of aryl methyl sites for hydroxylation is 1. The number of hydrogen-bond acceptors (Lipinski definition) is 4. The summed E-state index contributed by atoms with van der Waals surface area (Å²) < 4.78 is 0. The normalized spacial score (nSPS) is 11.4. The molecule has 0 amide bonds. The van der Waals surface area contributed by atoms with Crippen molar-refractivity contribution in [3.8, 4) is 0 Å². The third-order valence-corrected chi connectivity index (χ3v) is 2.42. The maximum Gasteiger partial charge on any atom is 0.224 e. The second-order valence-corrected chi connectivity index (χ2v) is 5.73. The minimum atomic E-state index is 0.0142. The first kappa shape index (κ1) is 14.7. The van der Waals surface area contributed by atoms with Gasteiger partial charge in [-0.3, -0.25) is 0 Å². The standard InChI is InChI=1S/C14H26N4/c1-6-7-8-9-15-13-16-11(2)10-12(17-13)18-14(3,4)5/h10H,6-9H2,1-5H3,(H2,15,16,17,18). The van der Waals surface area contributed by atoms with Gasteiger partial charge < -0.3 is 10.6 Å². The van der Waals surface area contributed by atoms with Crippen LogP contribution in [-0.2, 0) is 0 Å². The van der Waals surface area contributed by atoms with E-state index in [1.165, 1.54) is 12.8 Å². The topological polar surface area (TPSA) is 49.8 Å². The van der Waals surface area contributed by atoms with Gasteiger partial charge in [-0.2, -0.15) is 4.98 Å². The van der Waals surface area contributed by atoms with Crippen LogP contribution in [0, 0.1) is 6.92 Å². The Labute approximate surface area is 111 Å². The molecule has 0 fully saturated rings. The van der Waals surface area contributed by atoms with Crippen molar-refractivity contribution in [2.75, 3.05) is 17.2 Å². The Bertz CT molecular complexity index is 369. The van der Waals surface area contributed by atoms with E-state index in [4.69, 9.17) is 0 Å². The Balaban J connectivity index is 2.63. The van der Waals surface area contributed by atoms with Crippen molar-refractivity contribution >= 4 is 11.8 Å². The van der Waals surface area contributed by atoms with E-state index < -0.39 is 0 Å². The fraction of sp³-hybridized carbons (Fsp3) is 0.714. The molecule has 0 saturated heterocycles. The molecule has 18 heavy (non-hydrogen) atoms. The summed E-state index contributed by atoms with van der Waals surface area (Å²) in [7, 11) is 0. The molecule has 4 heteroatoms. The summed E-state index contributed by atoms with van der Waals surface area (Å²) >= 11 is 0. The number of aromatic nitrogens is 2. The van der Waals surface area contributed by atoms with Gasteiger partial charge in [0.1, 0.15) is 5.82 Å². The molecule has 1 aromatic rings. The number of unbranched alkanes of at least 4 members (excludes halogenated alkanes) is 2. The Morgan fingerprint density at radius 2 is 1.89 bits per heavy atom. The van der Waals surface area contributed by atoms with Crippen LogP contribution in [0.2, 0.25) is 0 Å². The Morgan fingerprint density at radius 3 is 2.50 bits per heavy atom. The van der Waals surface area contributed by atoms with E-state index in [2.05, 4.69) is 48.3 Å². The Kier molecular flexibility index (Phi) is 5.38. The zero-order valence-corrected chi connectivity index (χ0v) is 12.3. The van der Waals surface area contributed by atoms with Crippen LogP contribution < -0.4 is 10.6 Å². The van der Waals surface area contributed by atoms with Crippen LogP contribution in [0.4, 0.5) is 11.8 Å². The maximum absolute atomic E-state index is 4.48. The molecule has 0 aliphatic carbocycles. The lowest BCUT2D eigenvalue weighted by Gasteiger charge is -2.21. The molecular formula is C14H26N4. The van der Waals surface area contributed by atoms with E-state index in [0.717, 1.165) is 30.4 Å². The van der Waals surface area contributed by atoms with E-state index in [-0.39, 0.29) is 5.54 Å². The molecule has 1 heterocycles. The monoisotopic (exact) mass is 250 g/mol. The van der Waals surface area contributed by atoms with E-state index in [9.17, 15) is 0 Å². The molecule has 0 aliphatic heterocycles. The van der Waals surface area contributed by atoms with Crippen LogP contribution in [0.5, 0.6) is 0 Å². The second kappa shape index (κ2) is 6.57. The summed E-state index contributed by atoms with van der Waals surface area (Å²) in [5.41, 5.74) is 0.995. The lowest BCUT2D eigenvalue weighted by Crippen LogP contribution is -2.27. The van der Waals surface area contributed by atoms with Gasteiger partial charge in [0, 0.05) is 23.8 Å². The highest BCUT2D eigenvalue weighted by atomic mass is 15.2. The zero-order valence-electron chi connectivity index (χ0n) is 12.3. The highest BCUT2D eigenvalue weighted by molar-refractivity contribution is 5.43. The van der Waals surface area contributed by atoms with E-state index in [1.54, 1.807) is 0 Å². The van der Waals surface area contributed by atoms with Gasteiger partial charge in [-0.05, 0) is 34.1 Å². The molecule has 0 aromatic carbocycles. The largest absolute Gasteiger partial charge is 0.365 e. The molecule has 1 aromatic heterocycles. The van der Waals surface area contributed by atoms with Gasteiger partial charge in [0.15, 0.2) is 0 Å². The van der Waals surface area contributed by atoms with Gasteiger partial charge in [-0.1, -0.05) is 19.8 Å². The molecule has 0 spiro atoms. The van der Waals surface area contributed by atoms with Crippen LogP contribution in [0.15, 0.2) is 6.07 Å². The van der Waals surface area contributed by atoms with Crippen LogP contribution in [0.3, 0.4) is 0 Å². The summed E-state index contributed by atoms with van der Waals surface area (Å²) in [6, 6.07) is 1.97. The number of rotatable bonds is 6. The minimum Gasteiger partial charge on any atom is -0.365 e. The summed E-state index contributed by atoms with van der Waals surface area (Å²) in [6.45, 7) is 11.5. The predicted molar refractivity (Wildman–Crippen MR) is 78.2 cm³/mol. The minimum absolute atomic E-state index is 0.0142. The van der Waals surface area contributed by atoms with Gasteiger partial charge >= 0.3 is 0 Å². The average molecular weight is 250 g/mol. The molecule has 0 bridgehead atoms. The van der Waals surface area contributed by atoms with E-state index in [0.29, 0.717) is 0 Å². The molecule has 0 radical (unpaired) electrons. The van der Waals surface area contributed by atoms with E-state index in [1.807, 2.05) is 13.0 Å². The van der Waals surface area contributed by atoms with Gasteiger partial charge in [0.25, 0.3) is 0 Å². The molecule has 4 nitrogen and oxygen atoms in total. The molecular weight excluding hydrogens is 224 g/mol. The first-order chi connectivity index (χ1) is 8.40. The van der Waals surface area contributed by atoms with Gasteiger partial charge in [-0.15, -0.1) is 0 Å². The summed E-state index contributed by atoms with van der Waals surface area (Å²) in [5.74, 6) is 1.60. The highest BCUT2D eigenvalue weighted by Crippen LogP contribution is 2.15. The highest BCUT2D eigenvalue weighted by Gasteiger charge is 2.11. The predicted octanol–water partition coefficient (Wildman–Crippen LogP) is 3.60. The number of nitrogens with zero attached hydrogens (tertiary/aromatic N) is 2. The fourth-order valence-corrected chi connectivity index (χ4v) is 1.67. The van der Waals surface area contributed by atoms with Crippen molar-refractivity contribution in [3.63, 3.8) is 0 Å². The Morgan fingerprint density at radius 1 is 1.17 bits per heavy atom. The third-order valence-electron chi connectivity index (χ3n) is 2.42. The van der Waals surface area contributed by atoms with Crippen molar-refractivity contribution in [2.24, 2.45) is 0 Å². The first-order valence-electron chi connectivity index (χ1n) is 6.78. The average Bonchev–Trinajstić information content (AvgIpc) is 2.21. The lowest BCUT2D eigenvalue weighted by molar-refractivity contribution is 0.630. The van der Waals surface area contributed by atoms with Crippen LogP contribution in [-0.4, -0.2) is 22.1 Å². The van der Waals surface area contributed by atoms with Crippen LogP contribution in [0.25, 0.3) is 0 Å². The summed E-state index contributed by atoms with van der Waals surface area (Å²) in [6.07, 6.45) is 3.63. The molecule has 0 unspecified atom stereocenters. The molecule has 0 atom stereocenters. The SMILES string of the molecule is CCCCCNc1nc(C)cc(NC(C)(C)C)n1. The van der Waals surface area contributed by atoms with Gasteiger partial charge in [-0.25, -0.2) is 4.98 Å². The van der Waals surface area contributed by atoms with Crippen LogP contribution >= 0.6 is 0 Å². The second-order valence-electron chi connectivity index (χ2n) is 5.73. The fourth-order valence-electron chi connectivity index (χ4n) is 1.67. The smallest absolute Gasteiger partial charge is 0.224 e. The van der Waals surface area contributed by atoms with Crippen molar-refractivity contribution in [1.82, 2.24) is 9.97 Å². The van der Waals surface area contributed by atoms with Gasteiger partial charge in [0.2, 0.25) is 5.95 Å². The van der Waals surface area contributed by atoms with Crippen molar-refractivity contribution in [3.05, 3.63) is 11.8 Å². The zero-order chi connectivity index (χ0) is 13.6. The number of hydrogen-bond donors (Lipinski definition) is 2. The van der Waals surface area contributed by atoms with Crippen molar-refractivity contribution < 1.29 is 0 Å². The molecule has 2 N–H and O–H groups in total. The van der Waals surface area contributed by atoms with E-state index >= 15 is 0 Å². The molecule has 0 aliphatic rings. The van der Waals surface area contributed by atoms with Crippen molar-refractivity contribution in [1.29, 1.82) is 0 Å². The quantitative estimate of drug-likeness (QED) is 0.757. The number of nitrogens with one attached hydrogen (secondary N) is 2. The Hall–Kier alpha value is -1.32. The summed E-state index contributed by atoms with van der Waals surface area (Å²) in [5, 5.41) is 6.66. The maximum atomic E-state index is 4.48. The molecule has 102 valence electrons. The first-order valence-corrected chi connectivity index (χ1v) is 6.78.